The molecule has 0 heterocycles. The molecular formula is C13H25N3. The summed E-state index contributed by atoms with van der Waals surface area (Å²) in [6.07, 6.45) is 7.43. The minimum atomic E-state index is -0.338. The van der Waals surface area contributed by atoms with Gasteiger partial charge in [0.25, 0.3) is 0 Å². The molecule has 1 aliphatic carbocycles. The second-order valence-electron chi connectivity index (χ2n) is 5.22. The first-order valence-corrected chi connectivity index (χ1v) is 6.42. The average molecular weight is 223 g/mol. The van der Waals surface area contributed by atoms with Gasteiger partial charge in [0.2, 0.25) is 0 Å². The maximum atomic E-state index is 9.01. The fourth-order valence-corrected chi connectivity index (χ4v) is 2.09. The third kappa shape index (κ3) is 3.77. The van der Waals surface area contributed by atoms with Crippen molar-refractivity contribution in [3.8, 4) is 6.07 Å². The number of hydrogen-bond donors (Lipinski definition) is 1. The fraction of sp³-hybridized carbons (Fsp3) is 0.923. The van der Waals surface area contributed by atoms with Crippen LogP contribution in [0.3, 0.4) is 0 Å². The monoisotopic (exact) mass is 223 g/mol. The highest BCUT2D eigenvalue weighted by molar-refractivity contribution is 5.02. The Balaban J connectivity index is 2.09. The number of unbranched alkanes of at least 4 members (excludes halogenated alkanes) is 1. The minimum Gasteiger partial charge on any atom is -0.303 e. The topological polar surface area (TPSA) is 39.1 Å². The standard InChI is InChI=1S/C13H25N3/c1-13(11-14,15-2)9-4-5-10-16(3)12-7-6-8-12/h12,15H,4-10H2,1-3H3. The summed E-state index contributed by atoms with van der Waals surface area (Å²) in [5.41, 5.74) is -0.338. The molecule has 0 bridgehead atoms. The SMILES string of the molecule is CNC(C)(C#N)CCCCN(C)C1CCC1. The van der Waals surface area contributed by atoms with Crippen molar-refractivity contribution >= 4 is 0 Å². The maximum Gasteiger partial charge on any atom is 0.103 e. The zero-order valence-electron chi connectivity index (χ0n) is 10.9. The molecule has 1 atom stereocenters. The predicted molar refractivity (Wildman–Crippen MR) is 67.2 cm³/mol. The van der Waals surface area contributed by atoms with Crippen molar-refractivity contribution in [2.75, 3.05) is 20.6 Å². The summed E-state index contributed by atoms with van der Waals surface area (Å²) in [5, 5.41) is 12.1. The molecule has 1 rings (SSSR count). The van der Waals surface area contributed by atoms with Crippen molar-refractivity contribution < 1.29 is 0 Å². The summed E-state index contributed by atoms with van der Waals surface area (Å²) < 4.78 is 0. The Morgan fingerprint density at radius 3 is 2.56 bits per heavy atom. The van der Waals surface area contributed by atoms with Gasteiger partial charge in [-0.1, -0.05) is 6.42 Å². The Morgan fingerprint density at radius 2 is 2.12 bits per heavy atom. The zero-order chi connectivity index (χ0) is 12.0. The van der Waals surface area contributed by atoms with Gasteiger partial charge >= 0.3 is 0 Å². The molecule has 0 aromatic heterocycles. The van der Waals surface area contributed by atoms with Crippen LogP contribution in [-0.2, 0) is 0 Å². The molecule has 0 aromatic carbocycles. The van der Waals surface area contributed by atoms with E-state index in [0.717, 1.165) is 18.9 Å². The second-order valence-corrected chi connectivity index (χ2v) is 5.22. The van der Waals surface area contributed by atoms with Crippen molar-refractivity contribution in [2.45, 2.75) is 57.0 Å². The van der Waals surface area contributed by atoms with Crippen molar-refractivity contribution in [2.24, 2.45) is 0 Å². The molecule has 92 valence electrons. The molecule has 1 fully saturated rings. The number of hydrogen-bond acceptors (Lipinski definition) is 3. The quantitative estimate of drug-likeness (QED) is 0.672. The molecule has 0 spiro atoms. The Kier molecular flexibility index (Phi) is 5.24. The van der Waals surface area contributed by atoms with E-state index in [1.807, 2.05) is 14.0 Å². The summed E-state index contributed by atoms with van der Waals surface area (Å²) >= 11 is 0. The number of nitrogens with one attached hydrogen (secondary N) is 1. The first kappa shape index (κ1) is 13.5. The lowest BCUT2D eigenvalue weighted by Crippen LogP contribution is -2.39. The highest BCUT2D eigenvalue weighted by Gasteiger charge is 2.22. The third-order valence-corrected chi connectivity index (χ3v) is 3.93. The molecule has 1 N–H and O–H groups in total. The van der Waals surface area contributed by atoms with Gasteiger partial charge < -0.3 is 10.2 Å². The van der Waals surface area contributed by atoms with E-state index in [-0.39, 0.29) is 5.54 Å². The Hall–Kier alpha value is -0.590. The van der Waals surface area contributed by atoms with Crippen LogP contribution >= 0.6 is 0 Å². The molecule has 0 saturated heterocycles. The van der Waals surface area contributed by atoms with E-state index in [0.29, 0.717) is 0 Å². The van der Waals surface area contributed by atoms with Crippen LogP contribution in [0.15, 0.2) is 0 Å². The minimum absolute atomic E-state index is 0.338. The molecule has 0 aromatic rings. The number of rotatable bonds is 7. The molecule has 3 nitrogen and oxygen atoms in total. The van der Waals surface area contributed by atoms with Gasteiger partial charge in [0.05, 0.1) is 6.07 Å². The molecule has 16 heavy (non-hydrogen) atoms. The van der Waals surface area contributed by atoms with Crippen molar-refractivity contribution in [3.63, 3.8) is 0 Å². The molecule has 1 unspecified atom stereocenters. The van der Waals surface area contributed by atoms with Crippen molar-refractivity contribution in [1.29, 1.82) is 5.26 Å². The normalized spacial score (nSPS) is 20.2. The van der Waals surface area contributed by atoms with Gasteiger partial charge in [0.15, 0.2) is 0 Å². The van der Waals surface area contributed by atoms with Crippen molar-refractivity contribution in [3.05, 3.63) is 0 Å². The van der Waals surface area contributed by atoms with E-state index in [2.05, 4.69) is 23.3 Å². The van der Waals surface area contributed by atoms with Gasteiger partial charge in [-0.2, -0.15) is 5.26 Å². The van der Waals surface area contributed by atoms with E-state index >= 15 is 0 Å². The molecule has 0 amide bonds. The first-order valence-electron chi connectivity index (χ1n) is 6.42. The van der Waals surface area contributed by atoms with Gasteiger partial charge in [0.1, 0.15) is 5.54 Å². The summed E-state index contributed by atoms with van der Waals surface area (Å²) in [6.45, 7) is 3.15. The van der Waals surface area contributed by atoms with Gasteiger partial charge in [0, 0.05) is 6.04 Å². The second kappa shape index (κ2) is 6.22. The Labute approximate surface area is 99.8 Å². The maximum absolute atomic E-state index is 9.01. The van der Waals surface area contributed by atoms with E-state index in [1.54, 1.807) is 0 Å². The number of nitriles is 1. The van der Waals surface area contributed by atoms with Crippen LogP contribution in [-0.4, -0.2) is 37.1 Å². The van der Waals surface area contributed by atoms with Crippen LogP contribution in [0, 0.1) is 11.3 Å². The van der Waals surface area contributed by atoms with E-state index in [9.17, 15) is 0 Å². The van der Waals surface area contributed by atoms with Crippen LogP contribution in [0.5, 0.6) is 0 Å². The first-order chi connectivity index (χ1) is 7.61. The Morgan fingerprint density at radius 1 is 1.44 bits per heavy atom. The summed E-state index contributed by atoms with van der Waals surface area (Å²) in [7, 11) is 4.09. The van der Waals surface area contributed by atoms with E-state index < -0.39 is 0 Å². The average Bonchev–Trinajstić information content (AvgIpc) is 2.21. The lowest BCUT2D eigenvalue weighted by molar-refractivity contribution is 0.156. The van der Waals surface area contributed by atoms with Crippen LogP contribution in [0.2, 0.25) is 0 Å². The summed E-state index contributed by atoms with van der Waals surface area (Å²) in [4.78, 5) is 2.48. The molecule has 0 aliphatic heterocycles. The number of nitrogens with zero attached hydrogens (tertiary/aromatic N) is 2. The lowest BCUT2D eigenvalue weighted by Gasteiger charge is -2.34. The van der Waals surface area contributed by atoms with E-state index in [1.165, 1.54) is 32.2 Å². The van der Waals surface area contributed by atoms with Gasteiger partial charge in [-0.05, 0) is 59.7 Å². The van der Waals surface area contributed by atoms with Crippen LogP contribution < -0.4 is 5.32 Å². The van der Waals surface area contributed by atoms with E-state index in [4.69, 9.17) is 5.26 Å². The summed E-state index contributed by atoms with van der Waals surface area (Å²) in [5.74, 6) is 0. The molecule has 1 aliphatic rings. The Bertz CT molecular complexity index is 242. The van der Waals surface area contributed by atoms with Crippen molar-refractivity contribution in [1.82, 2.24) is 10.2 Å². The fourth-order valence-electron chi connectivity index (χ4n) is 2.09. The molecule has 1 saturated carbocycles. The van der Waals surface area contributed by atoms with Crippen LogP contribution in [0.25, 0.3) is 0 Å². The summed E-state index contributed by atoms with van der Waals surface area (Å²) in [6, 6.07) is 3.18. The largest absolute Gasteiger partial charge is 0.303 e. The highest BCUT2D eigenvalue weighted by Crippen LogP contribution is 2.23. The van der Waals surface area contributed by atoms with Crippen LogP contribution in [0.1, 0.15) is 45.4 Å². The highest BCUT2D eigenvalue weighted by atomic mass is 15.1. The van der Waals surface area contributed by atoms with Gasteiger partial charge in [-0.15, -0.1) is 0 Å². The zero-order valence-corrected chi connectivity index (χ0v) is 10.9. The predicted octanol–water partition coefficient (Wildman–Crippen LogP) is 2.14. The molecule has 0 radical (unpaired) electrons. The van der Waals surface area contributed by atoms with Crippen LogP contribution in [0.4, 0.5) is 0 Å². The smallest absolute Gasteiger partial charge is 0.103 e. The lowest BCUT2D eigenvalue weighted by atomic mass is 9.91. The van der Waals surface area contributed by atoms with Gasteiger partial charge in [-0.25, -0.2) is 0 Å². The molecular weight excluding hydrogens is 198 g/mol. The third-order valence-electron chi connectivity index (χ3n) is 3.93. The molecule has 3 heteroatoms. The van der Waals surface area contributed by atoms with Gasteiger partial charge in [-0.3, -0.25) is 0 Å².